The molecule has 2 fully saturated rings. The summed E-state index contributed by atoms with van der Waals surface area (Å²) in [4.78, 5) is 0. The van der Waals surface area contributed by atoms with Crippen molar-refractivity contribution in [1.82, 2.24) is 0 Å². The fourth-order valence-corrected chi connectivity index (χ4v) is 5.10. The van der Waals surface area contributed by atoms with E-state index in [1.807, 2.05) is 0 Å². The van der Waals surface area contributed by atoms with Crippen LogP contribution in [0, 0.1) is 5.82 Å². The molecule has 6 heteroatoms. The first kappa shape index (κ1) is 14.1. The highest BCUT2D eigenvalue weighted by molar-refractivity contribution is 8.00. The molecule has 20 heavy (non-hydrogen) atoms. The summed E-state index contributed by atoms with van der Waals surface area (Å²) in [6.07, 6.45) is 2.73. The maximum absolute atomic E-state index is 14.1. The highest BCUT2D eigenvalue weighted by Crippen LogP contribution is 2.53. The molecule has 3 rings (SSSR count). The van der Waals surface area contributed by atoms with Gasteiger partial charge >= 0.3 is 6.61 Å². The molecule has 110 valence electrons. The van der Waals surface area contributed by atoms with Crippen molar-refractivity contribution in [2.45, 2.75) is 48.4 Å². The minimum Gasteiger partial charge on any atom is -0.434 e. The third-order valence-electron chi connectivity index (χ3n) is 3.98. The van der Waals surface area contributed by atoms with Gasteiger partial charge in [-0.15, -0.1) is 0 Å². The zero-order chi connectivity index (χ0) is 14.3. The minimum atomic E-state index is -3.03. The number of ether oxygens (including phenoxy) is 1. The number of rotatable bonds is 3. The molecule has 2 aliphatic rings. The van der Waals surface area contributed by atoms with E-state index in [0.29, 0.717) is 12.8 Å². The van der Waals surface area contributed by atoms with Crippen molar-refractivity contribution in [3.63, 3.8) is 0 Å². The van der Waals surface area contributed by atoms with Crippen LogP contribution in [0.25, 0.3) is 0 Å². The number of aliphatic hydroxyl groups is 1. The van der Waals surface area contributed by atoms with Crippen LogP contribution < -0.4 is 4.74 Å². The van der Waals surface area contributed by atoms with Crippen LogP contribution in [-0.2, 0) is 5.60 Å². The summed E-state index contributed by atoms with van der Waals surface area (Å²) >= 11 is 1.80. The number of alkyl halides is 2. The molecule has 2 bridgehead atoms. The number of hydrogen-bond donors (Lipinski definition) is 1. The lowest BCUT2D eigenvalue weighted by Crippen LogP contribution is -2.36. The Labute approximate surface area is 119 Å². The van der Waals surface area contributed by atoms with E-state index in [0.717, 1.165) is 12.8 Å². The standard InChI is InChI=1S/C14H15F3O2S/c15-10-2-1-3-11(19-13(16)17)12(10)14(18)6-8-4-5-9(7-14)20-8/h1-3,8-9,13,18H,4-7H2. The fraction of sp³-hybridized carbons (Fsp3) is 0.571. The maximum Gasteiger partial charge on any atom is 0.387 e. The van der Waals surface area contributed by atoms with Crippen molar-refractivity contribution in [2.75, 3.05) is 0 Å². The Balaban J connectivity index is 2.00. The zero-order valence-electron chi connectivity index (χ0n) is 10.7. The van der Waals surface area contributed by atoms with Gasteiger partial charge in [0.2, 0.25) is 0 Å². The van der Waals surface area contributed by atoms with E-state index < -0.39 is 18.0 Å². The lowest BCUT2D eigenvalue weighted by Gasteiger charge is -2.37. The van der Waals surface area contributed by atoms with Crippen molar-refractivity contribution in [3.8, 4) is 5.75 Å². The van der Waals surface area contributed by atoms with Gasteiger partial charge in [-0.05, 0) is 37.8 Å². The first-order chi connectivity index (χ1) is 9.48. The third kappa shape index (κ3) is 2.51. The predicted octanol–water partition coefficient (Wildman–Crippen LogP) is 3.67. The second-order valence-electron chi connectivity index (χ2n) is 5.39. The van der Waals surface area contributed by atoms with E-state index in [2.05, 4.69) is 4.74 Å². The zero-order valence-corrected chi connectivity index (χ0v) is 11.5. The molecule has 1 aromatic rings. The molecule has 0 radical (unpaired) electrons. The van der Waals surface area contributed by atoms with Gasteiger partial charge in [-0.2, -0.15) is 20.5 Å². The minimum absolute atomic E-state index is 0.113. The van der Waals surface area contributed by atoms with Crippen LogP contribution in [0.5, 0.6) is 5.75 Å². The molecule has 2 saturated heterocycles. The molecule has 2 aliphatic heterocycles. The Morgan fingerprint density at radius 3 is 2.50 bits per heavy atom. The van der Waals surface area contributed by atoms with Crippen molar-refractivity contribution in [2.24, 2.45) is 0 Å². The third-order valence-corrected chi connectivity index (χ3v) is 5.56. The van der Waals surface area contributed by atoms with E-state index in [9.17, 15) is 18.3 Å². The SMILES string of the molecule is OC1(c2c(F)cccc2OC(F)F)CC2CCC(C1)S2. The van der Waals surface area contributed by atoms with Gasteiger partial charge in [-0.25, -0.2) is 4.39 Å². The van der Waals surface area contributed by atoms with E-state index in [1.54, 1.807) is 11.8 Å². The van der Waals surface area contributed by atoms with E-state index in [1.165, 1.54) is 18.2 Å². The van der Waals surface area contributed by atoms with Crippen LogP contribution in [0.3, 0.4) is 0 Å². The largest absolute Gasteiger partial charge is 0.434 e. The van der Waals surface area contributed by atoms with Crippen LogP contribution >= 0.6 is 11.8 Å². The van der Waals surface area contributed by atoms with Crippen LogP contribution in [0.15, 0.2) is 18.2 Å². The molecule has 0 saturated carbocycles. The van der Waals surface area contributed by atoms with E-state index in [4.69, 9.17) is 0 Å². The number of thioether (sulfide) groups is 1. The molecule has 1 aromatic carbocycles. The average Bonchev–Trinajstić information content (AvgIpc) is 2.68. The predicted molar refractivity (Wildman–Crippen MR) is 70.6 cm³/mol. The topological polar surface area (TPSA) is 29.5 Å². The smallest absolute Gasteiger partial charge is 0.387 e. The normalized spacial score (nSPS) is 32.6. The van der Waals surface area contributed by atoms with Crippen LogP contribution in [0.4, 0.5) is 13.2 Å². The van der Waals surface area contributed by atoms with E-state index >= 15 is 0 Å². The van der Waals surface area contributed by atoms with Gasteiger partial charge < -0.3 is 9.84 Å². The molecule has 1 N–H and O–H groups in total. The molecule has 0 spiro atoms. The van der Waals surface area contributed by atoms with Gasteiger partial charge in [-0.1, -0.05) is 6.07 Å². The van der Waals surface area contributed by atoms with Crippen LogP contribution in [0.2, 0.25) is 0 Å². The fourth-order valence-electron chi connectivity index (χ4n) is 3.27. The Morgan fingerprint density at radius 2 is 1.90 bits per heavy atom. The molecular weight excluding hydrogens is 289 g/mol. The highest BCUT2D eigenvalue weighted by atomic mass is 32.2. The van der Waals surface area contributed by atoms with Gasteiger partial charge in [0.25, 0.3) is 0 Å². The quantitative estimate of drug-likeness (QED) is 0.924. The summed E-state index contributed by atoms with van der Waals surface area (Å²) in [5, 5.41) is 11.3. The molecule has 2 atom stereocenters. The van der Waals surface area contributed by atoms with Gasteiger partial charge in [0, 0.05) is 10.5 Å². The lowest BCUT2D eigenvalue weighted by atomic mass is 9.85. The number of fused-ring (bicyclic) bond motifs is 2. The summed E-state index contributed by atoms with van der Waals surface area (Å²) in [5.74, 6) is -0.939. The average molecular weight is 304 g/mol. The monoisotopic (exact) mass is 304 g/mol. The Hall–Kier alpha value is -0.880. The molecule has 2 heterocycles. The first-order valence-corrected chi connectivity index (χ1v) is 7.54. The summed E-state index contributed by atoms with van der Waals surface area (Å²) in [7, 11) is 0. The Morgan fingerprint density at radius 1 is 1.25 bits per heavy atom. The summed E-state index contributed by atoms with van der Waals surface area (Å²) < 4.78 is 43.4. The molecule has 2 nitrogen and oxygen atoms in total. The van der Waals surface area contributed by atoms with Crippen molar-refractivity contribution in [3.05, 3.63) is 29.6 Å². The second-order valence-corrected chi connectivity index (χ2v) is 6.99. The van der Waals surface area contributed by atoms with Crippen LogP contribution in [-0.4, -0.2) is 22.2 Å². The molecule has 0 amide bonds. The van der Waals surface area contributed by atoms with Crippen molar-refractivity contribution in [1.29, 1.82) is 0 Å². The highest BCUT2D eigenvalue weighted by Gasteiger charge is 2.47. The second kappa shape index (κ2) is 5.15. The first-order valence-electron chi connectivity index (χ1n) is 6.59. The van der Waals surface area contributed by atoms with Gasteiger partial charge in [0.1, 0.15) is 11.6 Å². The van der Waals surface area contributed by atoms with Crippen molar-refractivity contribution < 1.29 is 23.0 Å². The van der Waals surface area contributed by atoms with Crippen LogP contribution in [0.1, 0.15) is 31.2 Å². The van der Waals surface area contributed by atoms with Gasteiger partial charge in [0.15, 0.2) is 0 Å². The molecular formula is C14H15F3O2S. The summed E-state index contributed by atoms with van der Waals surface area (Å²) in [6, 6.07) is 3.77. The van der Waals surface area contributed by atoms with Gasteiger partial charge in [0.05, 0.1) is 11.2 Å². The molecule has 2 unspecified atom stereocenters. The number of hydrogen-bond acceptors (Lipinski definition) is 3. The van der Waals surface area contributed by atoms with Crippen molar-refractivity contribution >= 4 is 11.8 Å². The Kier molecular flexibility index (Phi) is 3.62. The van der Waals surface area contributed by atoms with E-state index in [-0.39, 0.29) is 21.8 Å². The van der Waals surface area contributed by atoms with Gasteiger partial charge in [-0.3, -0.25) is 0 Å². The lowest BCUT2D eigenvalue weighted by molar-refractivity contribution is -0.0562. The summed E-state index contributed by atoms with van der Waals surface area (Å²) in [6.45, 7) is -3.03. The maximum atomic E-state index is 14.1. The number of benzene rings is 1. The Bertz CT molecular complexity index is 497. The molecule has 0 aliphatic carbocycles. The molecule has 0 aromatic heterocycles. The summed E-state index contributed by atoms with van der Waals surface area (Å²) in [5.41, 5.74) is -1.52. The number of halogens is 3.